The average Bonchev–Trinajstić information content (AvgIpc) is 3.29. The number of nitriles is 1. The summed E-state index contributed by atoms with van der Waals surface area (Å²) in [6.07, 6.45) is 3.37. The van der Waals surface area contributed by atoms with Crippen molar-refractivity contribution in [3.05, 3.63) is 77.9 Å². The monoisotopic (exact) mass is 523 g/mol. The van der Waals surface area contributed by atoms with Crippen LogP contribution in [0.15, 0.2) is 60.9 Å². The molecule has 1 saturated heterocycles. The van der Waals surface area contributed by atoms with E-state index in [1.165, 1.54) is 12.4 Å². The van der Waals surface area contributed by atoms with Crippen LogP contribution in [0, 0.1) is 16.7 Å². The topological polar surface area (TPSA) is 198 Å². The van der Waals surface area contributed by atoms with Crippen molar-refractivity contribution in [1.29, 1.82) is 10.7 Å². The lowest BCUT2D eigenvalue weighted by molar-refractivity contribution is 0.0983. The Morgan fingerprint density at radius 1 is 1.00 bits per heavy atom. The fourth-order valence-corrected chi connectivity index (χ4v) is 3.06. The van der Waals surface area contributed by atoms with Crippen LogP contribution in [-0.2, 0) is 14.9 Å². The number of amides is 2. The molecule has 1 aliphatic heterocycles. The van der Waals surface area contributed by atoms with Crippen LogP contribution in [0.1, 0.15) is 26.5 Å². The minimum Gasteiger partial charge on any atom is -0.463 e. The van der Waals surface area contributed by atoms with Crippen molar-refractivity contribution in [3.63, 3.8) is 0 Å². The highest BCUT2D eigenvalue weighted by Gasteiger charge is 2.22. The fourth-order valence-electron chi connectivity index (χ4n) is 3.06. The summed E-state index contributed by atoms with van der Waals surface area (Å²) in [5.41, 5.74) is 1.92. The Bertz CT molecular complexity index is 1440. The average molecular weight is 524 g/mol. The number of aromatic nitrogens is 2. The van der Waals surface area contributed by atoms with Gasteiger partial charge in [-0.25, -0.2) is 9.97 Å². The molecule has 13 nitrogen and oxygen atoms in total. The van der Waals surface area contributed by atoms with Crippen molar-refractivity contribution < 1.29 is 27.3 Å². The number of carbonyl (C=O) groups is 2. The van der Waals surface area contributed by atoms with Gasteiger partial charge < -0.3 is 15.4 Å². The normalized spacial score (nSPS) is 12.5. The van der Waals surface area contributed by atoms with Gasteiger partial charge in [-0.15, -0.1) is 0 Å². The first-order valence-corrected chi connectivity index (χ1v) is 12.4. The zero-order valence-corrected chi connectivity index (χ0v) is 20.2. The van der Waals surface area contributed by atoms with Crippen molar-refractivity contribution in [2.75, 3.05) is 34.9 Å². The Labute approximate surface area is 212 Å². The fraction of sp³-hybridized carbons (Fsp3) is 0.130. The molecule has 1 aromatic heterocycles. The summed E-state index contributed by atoms with van der Waals surface area (Å²) in [6, 6.07) is 15.3. The molecule has 4 N–H and O–H groups in total. The number of nitrogens with zero attached hydrogens (tertiary/aromatic N) is 4. The van der Waals surface area contributed by atoms with Crippen molar-refractivity contribution in [2.24, 2.45) is 0 Å². The van der Waals surface area contributed by atoms with Gasteiger partial charge in [0.25, 0.3) is 28.0 Å². The lowest BCUT2D eigenvalue weighted by atomic mass is 10.2. The Morgan fingerprint density at radius 2 is 1.46 bits per heavy atom. The first kappa shape index (κ1) is 26.7. The minimum absolute atomic E-state index is 0.0827. The maximum absolute atomic E-state index is 12.8. The molecule has 3 aromatic rings. The number of rotatable bonds is 5. The number of carbonyl (C=O) groups excluding carboxylic acids is 2. The molecule has 2 aromatic carbocycles. The molecule has 0 saturated carbocycles. The van der Waals surface area contributed by atoms with Gasteiger partial charge >= 0.3 is 0 Å². The van der Waals surface area contributed by atoms with E-state index < -0.39 is 21.9 Å². The van der Waals surface area contributed by atoms with Crippen molar-refractivity contribution >= 4 is 45.0 Å². The molecule has 14 heteroatoms. The smallest absolute Gasteiger partial charge is 0.289 e. The van der Waals surface area contributed by atoms with Gasteiger partial charge in [0.1, 0.15) is 6.61 Å². The first-order chi connectivity index (χ1) is 17.5. The Hall–Kier alpha value is -4.87. The largest absolute Gasteiger partial charge is 0.463 e. The standard InChI is InChI=1S/C22H17N7O3.CH4O3S/c23-13-14-1-3-15(4-2-14)27-20(30)18-19(26-10-9-25-18)21(31)28-16-5-7-17(8-6-16)29-11-12-32-22(29)24;1-5(2,3)4/h1-10,24H,11-12H2,(H,27,30)(H,28,31);1H3,(H,2,3,4). The zero-order valence-electron chi connectivity index (χ0n) is 19.4. The Balaban J connectivity index is 0.000000695. The molecule has 1 fully saturated rings. The maximum atomic E-state index is 12.8. The summed E-state index contributed by atoms with van der Waals surface area (Å²) in [6.45, 7) is 1.04. The Morgan fingerprint density at radius 3 is 1.86 bits per heavy atom. The van der Waals surface area contributed by atoms with E-state index in [9.17, 15) is 18.0 Å². The molecule has 2 heterocycles. The molecule has 4 rings (SSSR count). The van der Waals surface area contributed by atoms with Gasteiger partial charge in [0.05, 0.1) is 24.4 Å². The highest BCUT2D eigenvalue weighted by Crippen LogP contribution is 2.21. The van der Waals surface area contributed by atoms with Gasteiger partial charge in [-0.3, -0.25) is 24.5 Å². The van der Waals surface area contributed by atoms with Gasteiger partial charge in [-0.1, -0.05) is 0 Å². The van der Waals surface area contributed by atoms with Crippen LogP contribution in [0.25, 0.3) is 0 Å². The lowest BCUT2D eigenvalue weighted by Crippen LogP contribution is -2.24. The molecule has 0 aliphatic carbocycles. The van der Waals surface area contributed by atoms with Crippen LogP contribution >= 0.6 is 0 Å². The molecule has 0 bridgehead atoms. The summed E-state index contributed by atoms with van der Waals surface area (Å²) in [7, 11) is -3.67. The van der Waals surface area contributed by atoms with Gasteiger partial charge in [0.2, 0.25) is 0 Å². The van der Waals surface area contributed by atoms with E-state index in [1.807, 2.05) is 6.07 Å². The SMILES string of the molecule is CS(=O)(=O)O.N#Cc1ccc(NC(=O)c2nccnc2C(=O)Nc2ccc(N3CCOC3=N)cc2)cc1. The predicted molar refractivity (Wildman–Crippen MR) is 134 cm³/mol. The number of ether oxygens (including phenoxy) is 1. The molecule has 0 spiro atoms. The molecule has 1 aliphatic rings. The number of benzene rings is 2. The van der Waals surface area contributed by atoms with Crippen LogP contribution in [0.2, 0.25) is 0 Å². The summed E-state index contributed by atoms with van der Waals surface area (Å²) in [5.74, 6) is -1.19. The molecule has 0 unspecified atom stereocenters. The maximum Gasteiger partial charge on any atom is 0.289 e. The molecule has 0 radical (unpaired) electrons. The second-order valence-electron chi connectivity index (χ2n) is 7.44. The van der Waals surface area contributed by atoms with E-state index in [4.69, 9.17) is 20.0 Å². The third-order valence-electron chi connectivity index (χ3n) is 4.64. The van der Waals surface area contributed by atoms with Crippen LogP contribution in [0.3, 0.4) is 0 Å². The van der Waals surface area contributed by atoms with Crippen LogP contribution in [-0.4, -0.2) is 60.2 Å². The van der Waals surface area contributed by atoms with Gasteiger partial charge in [-0.2, -0.15) is 13.7 Å². The molecule has 0 atom stereocenters. The van der Waals surface area contributed by atoms with E-state index in [0.29, 0.717) is 36.3 Å². The third-order valence-corrected chi connectivity index (χ3v) is 4.64. The van der Waals surface area contributed by atoms with Crippen molar-refractivity contribution in [3.8, 4) is 6.07 Å². The highest BCUT2D eigenvalue weighted by molar-refractivity contribution is 7.85. The zero-order chi connectivity index (χ0) is 27.0. The lowest BCUT2D eigenvalue weighted by Gasteiger charge is -2.15. The number of anilines is 3. The van der Waals surface area contributed by atoms with E-state index in [1.54, 1.807) is 53.4 Å². The number of nitrogens with one attached hydrogen (secondary N) is 3. The second-order valence-corrected chi connectivity index (χ2v) is 8.90. The summed E-state index contributed by atoms with van der Waals surface area (Å²) in [5, 5.41) is 22.0. The van der Waals surface area contributed by atoms with Gasteiger partial charge in [0, 0.05) is 29.5 Å². The molecular formula is C23H21N7O6S. The number of hydrogen-bond donors (Lipinski definition) is 4. The van der Waals surface area contributed by atoms with Crippen LogP contribution < -0.4 is 15.5 Å². The summed E-state index contributed by atoms with van der Waals surface area (Å²) >= 11 is 0. The molecular weight excluding hydrogens is 502 g/mol. The van der Waals surface area contributed by atoms with E-state index in [2.05, 4.69) is 20.6 Å². The van der Waals surface area contributed by atoms with E-state index >= 15 is 0 Å². The first-order valence-electron chi connectivity index (χ1n) is 10.5. The summed E-state index contributed by atoms with van der Waals surface area (Å²) in [4.78, 5) is 35.2. The quantitative estimate of drug-likeness (QED) is 0.359. The Kier molecular flexibility index (Phi) is 8.46. The van der Waals surface area contributed by atoms with Gasteiger partial charge in [-0.05, 0) is 48.5 Å². The van der Waals surface area contributed by atoms with Gasteiger partial charge in [0.15, 0.2) is 11.4 Å². The third kappa shape index (κ3) is 7.82. The number of amidine groups is 1. The predicted octanol–water partition coefficient (Wildman–Crippen LogP) is 2.13. The number of hydrogen-bond acceptors (Lipinski definition) is 9. The molecule has 2 amide bonds. The molecule has 37 heavy (non-hydrogen) atoms. The minimum atomic E-state index is -3.67. The van der Waals surface area contributed by atoms with Crippen molar-refractivity contribution in [1.82, 2.24) is 9.97 Å². The van der Waals surface area contributed by atoms with E-state index in [-0.39, 0.29) is 17.4 Å². The summed E-state index contributed by atoms with van der Waals surface area (Å²) < 4.78 is 31.0. The van der Waals surface area contributed by atoms with Crippen molar-refractivity contribution in [2.45, 2.75) is 0 Å². The highest BCUT2D eigenvalue weighted by atomic mass is 32.2. The molecule has 190 valence electrons. The second kappa shape index (κ2) is 11.7. The van der Waals surface area contributed by atoms with Crippen LogP contribution in [0.4, 0.5) is 17.1 Å². The van der Waals surface area contributed by atoms with Crippen LogP contribution in [0.5, 0.6) is 0 Å². The van der Waals surface area contributed by atoms with E-state index in [0.717, 1.165) is 5.69 Å².